The zero-order valence-corrected chi connectivity index (χ0v) is 18.2. The summed E-state index contributed by atoms with van der Waals surface area (Å²) in [5.41, 5.74) is 2.97. The molecule has 3 aromatic carbocycles. The second-order valence-electron chi connectivity index (χ2n) is 8.24. The minimum absolute atomic E-state index is 0.0299. The van der Waals surface area contributed by atoms with Crippen LogP contribution >= 0.6 is 0 Å². The lowest BCUT2D eigenvalue weighted by Gasteiger charge is -2.26. The molecular formula is C27H28N2O3. The number of benzene rings is 3. The Labute approximate surface area is 188 Å². The van der Waals surface area contributed by atoms with Crippen molar-refractivity contribution < 1.29 is 14.3 Å². The Bertz CT molecular complexity index is 1010. The van der Waals surface area contributed by atoms with Crippen molar-refractivity contribution in [1.29, 1.82) is 0 Å². The van der Waals surface area contributed by atoms with Gasteiger partial charge in [0.05, 0.1) is 0 Å². The quantitative estimate of drug-likeness (QED) is 0.517. The molecule has 0 saturated heterocycles. The van der Waals surface area contributed by atoms with Gasteiger partial charge in [0.25, 0.3) is 5.91 Å². The van der Waals surface area contributed by atoms with Gasteiger partial charge in [0, 0.05) is 29.6 Å². The summed E-state index contributed by atoms with van der Waals surface area (Å²) in [6.07, 6.45) is 1.90. The molecule has 5 heteroatoms. The zero-order chi connectivity index (χ0) is 22.3. The largest absolute Gasteiger partial charge is 0.484 e. The Balaban J connectivity index is 1.37. The summed E-state index contributed by atoms with van der Waals surface area (Å²) in [5.74, 6) is 0.559. The lowest BCUT2D eigenvalue weighted by molar-refractivity contribution is -0.123. The average molecular weight is 429 g/mol. The minimum atomic E-state index is -0.193. The number of carbonyl (C=O) groups is 2. The highest BCUT2D eigenvalue weighted by molar-refractivity contribution is 5.94. The number of amides is 2. The molecule has 1 aliphatic carbocycles. The summed E-state index contributed by atoms with van der Waals surface area (Å²) in [6, 6.07) is 27.4. The van der Waals surface area contributed by atoms with Crippen molar-refractivity contribution in [3.05, 3.63) is 96.1 Å². The van der Waals surface area contributed by atoms with Crippen LogP contribution in [0.15, 0.2) is 84.9 Å². The third-order valence-corrected chi connectivity index (χ3v) is 5.63. The van der Waals surface area contributed by atoms with Crippen molar-refractivity contribution >= 4 is 17.5 Å². The van der Waals surface area contributed by atoms with E-state index < -0.39 is 0 Å². The first-order chi connectivity index (χ1) is 15.6. The monoisotopic (exact) mass is 428 g/mol. The van der Waals surface area contributed by atoms with Gasteiger partial charge in [0.15, 0.2) is 6.61 Å². The van der Waals surface area contributed by atoms with E-state index in [1.165, 1.54) is 0 Å². The molecular weight excluding hydrogens is 400 g/mol. The van der Waals surface area contributed by atoms with Crippen LogP contribution in [0.1, 0.15) is 36.8 Å². The first-order valence-corrected chi connectivity index (χ1v) is 11.0. The lowest BCUT2D eigenvalue weighted by atomic mass is 9.86. The van der Waals surface area contributed by atoms with Gasteiger partial charge in [0.2, 0.25) is 5.91 Å². The maximum Gasteiger partial charge on any atom is 0.258 e. The average Bonchev–Trinajstić information content (AvgIpc) is 3.65. The number of carbonyl (C=O) groups excluding carboxylic acids is 2. The van der Waals surface area contributed by atoms with Gasteiger partial charge < -0.3 is 15.4 Å². The highest BCUT2D eigenvalue weighted by Crippen LogP contribution is 2.31. The maximum atomic E-state index is 12.6. The van der Waals surface area contributed by atoms with Crippen LogP contribution in [0, 0.1) is 5.92 Å². The second kappa shape index (κ2) is 10.1. The van der Waals surface area contributed by atoms with Crippen LogP contribution in [0.5, 0.6) is 5.75 Å². The Morgan fingerprint density at radius 1 is 0.906 bits per heavy atom. The number of anilines is 1. The molecule has 4 rings (SSSR count). The topological polar surface area (TPSA) is 67.4 Å². The van der Waals surface area contributed by atoms with Gasteiger partial charge in [-0.05, 0) is 43.0 Å². The third-order valence-electron chi connectivity index (χ3n) is 5.63. The van der Waals surface area contributed by atoms with Crippen LogP contribution in [0.3, 0.4) is 0 Å². The molecule has 0 aliphatic heterocycles. The number of rotatable bonds is 9. The SMILES string of the molecule is CC(NC(=O)COc1cccc(NC(=O)C2CC2)c1)C(c1ccccc1)c1ccccc1. The summed E-state index contributed by atoms with van der Waals surface area (Å²) in [5, 5.41) is 5.98. The molecule has 164 valence electrons. The van der Waals surface area contributed by atoms with Crippen molar-refractivity contribution in [2.24, 2.45) is 5.92 Å². The molecule has 1 aliphatic rings. The fourth-order valence-electron chi connectivity index (χ4n) is 3.87. The molecule has 0 radical (unpaired) electrons. The normalized spacial score (nSPS) is 13.9. The van der Waals surface area contributed by atoms with E-state index in [-0.39, 0.29) is 36.3 Å². The van der Waals surface area contributed by atoms with E-state index >= 15 is 0 Å². The molecule has 1 saturated carbocycles. The summed E-state index contributed by atoms with van der Waals surface area (Å²) >= 11 is 0. The third kappa shape index (κ3) is 5.76. The zero-order valence-electron chi connectivity index (χ0n) is 18.2. The summed E-state index contributed by atoms with van der Waals surface area (Å²) in [6.45, 7) is 1.91. The van der Waals surface area contributed by atoms with Crippen molar-refractivity contribution in [2.45, 2.75) is 31.7 Å². The van der Waals surface area contributed by atoms with E-state index in [9.17, 15) is 9.59 Å². The van der Waals surface area contributed by atoms with Crippen molar-refractivity contribution in [2.75, 3.05) is 11.9 Å². The molecule has 5 nitrogen and oxygen atoms in total. The molecule has 0 aromatic heterocycles. The summed E-state index contributed by atoms with van der Waals surface area (Å²) in [7, 11) is 0. The Morgan fingerprint density at radius 3 is 2.12 bits per heavy atom. The van der Waals surface area contributed by atoms with E-state index in [1.807, 2.05) is 49.4 Å². The maximum absolute atomic E-state index is 12.6. The van der Waals surface area contributed by atoms with Gasteiger partial charge in [0.1, 0.15) is 5.75 Å². The number of ether oxygens (including phenoxy) is 1. The van der Waals surface area contributed by atoms with Gasteiger partial charge in [-0.1, -0.05) is 66.7 Å². The molecule has 0 spiro atoms. The molecule has 2 amide bonds. The van der Waals surface area contributed by atoms with Gasteiger partial charge in [-0.25, -0.2) is 0 Å². The van der Waals surface area contributed by atoms with E-state index in [0.717, 1.165) is 24.0 Å². The van der Waals surface area contributed by atoms with Crippen LogP contribution < -0.4 is 15.4 Å². The molecule has 2 N–H and O–H groups in total. The summed E-state index contributed by atoms with van der Waals surface area (Å²) in [4.78, 5) is 24.6. The molecule has 0 bridgehead atoms. The molecule has 32 heavy (non-hydrogen) atoms. The molecule has 1 fully saturated rings. The molecule has 1 atom stereocenters. The molecule has 1 unspecified atom stereocenters. The van der Waals surface area contributed by atoms with Crippen LogP contribution in [-0.4, -0.2) is 24.5 Å². The van der Waals surface area contributed by atoms with Crippen LogP contribution in [0.4, 0.5) is 5.69 Å². The Morgan fingerprint density at radius 2 is 1.53 bits per heavy atom. The first-order valence-electron chi connectivity index (χ1n) is 11.0. The molecule has 0 heterocycles. The van der Waals surface area contributed by atoms with E-state index in [4.69, 9.17) is 4.74 Å². The predicted octanol–water partition coefficient (Wildman–Crippen LogP) is 4.75. The van der Waals surface area contributed by atoms with Crippen molar-refractivity contribution in [3.63, 3.8) is 0 Å². The van der Waals surface area contributed by atoms with E-state index in [2.05, 4.69) is 34.9 Å². The predicted molar refractivity (Wildman–Crippen MR) is 126 cm³/mol. The number of hydrogen-bond acceptors (Lipinski definition) is 3. The Kier molecular flexibility index (Phi) is 6.85. The smallest absolute Gasteiger partial charge is 0.258 e. The van der Waals surface area contributed by atoms with E-state index in [1.54, 1.807) is 18.2 Å². The fraction of sp³-hybridized carbons (Fsp3) is 0.259. The van der Waals surface area contributed by atoms with Crippen LogP contribution in [0.25, 0.3) is 0 Å². The standard InChI is InChI=1S/C27H28N2O3/c1-19(26(20-9-4-2-5-10-20)21-11-6-3-7-12-21)28-25(30)18-32-24-14-8-13-23(17-24)29-27(31)22-15-16-22/h2-14,17,19,22,26H,15-16,18H2,1H3,(H,28,30)(H,29,31). The van der Waals surface area contributed by atoms with E-state index in [0.29, 0.717) is 11.4 Å². The second-order valence-corrected chi connectivity index (χ2v) is 8.24. The minimum Gasteiger partial charge on any atom is -0.484 e. The van der Waals surface area contributed by atoms with Crippen molar-refractivity contribution in [3.8, 4) is 5.75 Å². The van der Waals surface area contributed by atoms with Gasteiger partial charge in [-0.15, -0.1) is 0 Å². The van der Waals surface area contributed by atoms with Gasteiger partial charge >= 0.3 is 0 Å². The van der Waals surface area contributed by atoms with Gasteiger partial charge in [-0.2, -0.15) is 0 Å². The first kappa shape index (κ1) is 21.6. The molecule has 3 aromatic rings. The Hall–Kier alpha value is -3.60. The lowest BCUT2D eigenvalue weighted by Crippen LogP contribution is -2.40. The van der Waals surface area contributed by atoms with Gasteiger partial charge in [-0.3, -0.25) is 9.59 Å². The number of hydrogen-bond donors (Lipinski definition) is 2. The fourth-order valence-corrected chi connectivity index (χ4v) is 3.87. The van der Waals surface area contributed by atoms with Crippen LogP contribution in [0.2, 0.25) is 0 Å². The summed E-state index contributed by atoms with van der Waals surface area (Å²) < 4.78 is 5.69. The number of nitrogens with one attached hydrogen (secondary N) is 2. The van der Waals surface area contributed by atoms with Crippen molar-refractivity contribution in [1.82, 2.24) is 5.32 Å². The highest BCUT2D eigenvalue weighted by Gasteiger charge is 2.29. The van der Waals surface area contributed by atoms with Crippen LogP contribution in [-0.2, 0) is 9.59 Å². The highest BCUT2D eigenvalue weighted by atomic mass is 16.5.